The first-order valence-electron chi connectivity index (χ1n) is 30.4. The second-order valence-electron chi connectivity index (χ2n) is 22.3. The molecule has 0 spiro atoms. The summed E-state index contributed by atoms with van der Waals surface area (Å²) in [7, 11) is 0. The van der Waals surface area contributed by atoms with Crippen molar-refractivity contribution in [3.63, 3.8) is 0 Å². The molecule has 5 amide bonds. The van der Waals surface area contributed by atoms with Gasteiger partial charge in [0.2, 0.25) is 35.5 Å². The van der Waals surface area contributed by atoms with Crippen LogP contribution in [0.2, 0.25) is 0 Å². The van der Waals surface area contributed by atoms with E-state index in [4.69, 9.17) is 37.9 Å². The first kappa shape index (κ1) is 70.3. The maximum Gasteiger partial charge on any atom is 0.419 e. The maximum absolute atomic E-state index is 12.9. The van der Waals surface area contributed by atoms with Crippen LogP contribution >= 0.6 is 0 Å². The number of carbonyl (C=O) groups excluding carboxylic acids is 10. The van der Waals surface area contributed by atoms with Gasteiger partial charge in [0.1, 0.15) is 95.6 Å². The number of rotatable bonds is 25. The molecule has 98 heavy (non-hydrogen) atoms. The van der Waals surface area contributed by atoms with Crippen molar-refractivity contribution in [1.82, 2.24) is 74.1 Å². The second-order valence-corrected chi connectivity index (χ2v) is 22.3. The van der Waals surface area contributed by atoms with Crippen molar-refractivity contribution in [2.24, 2.45) is 11.8 Å². The number of aromatic nitrogens is 12. The Labute approximate surface area is 553 Å². The average Bonchev–Trinajstić information content (AvgIpc) is 1.63. The molecule has 516 valence electrons. The van der Waals surface area contributed by atoms with Gasteiger partial charge >= 0.3 is 36.2 Å². The summed E-state index contributed by atoms with van der Waals surface area (Å²) in [4.78, 5) is 178. The number of ether oxygens (including phenoxy) is 8. The van der Waals surface area contributed by atoms with Crippen LogP contribution in [0.25, 0.3) is 22.3 Å². The lowest BCUT2D eigenvalue weighted by atomic mass is 10.2. The van der Waals surface area contributed by atoms with Crippen LogP contribution < -0.4 is 37.7 Å². The molecule has 10 rings (SSSR count). The van der Waals surface area contributed by atoms with Crippen molar-refractivity contribution in [3.05, 3.63) is 143 Å². The number of carbonyl (C=O) groups is 10. The highest BCUT2D eigenvalue weighted by molar-refractivity contribution is 5.92. The van der Waals surface area contributed by atoms with Crippen LogP contribution in [0.3, 0.4) is 0 Å². The number of hydrogen-bond acceptors (Lipinski definition) is 26. The van der Waals surface area contributed by atoms with Gasteiger partial charge in [-0.2, -0.15) is 9.97 Å². The molecule has 2 aliphatic rings. The van der Waals surface area contributed by atoms with Crippen molar-refractivity contribution < 1.29 is 85.8 Å². The van der Waals surface area contributed by atoms with E-state index in [1.165, 1.54) is 59.2 Å². The van der Waals surface area contributed by atoms with Crippen LogP contribution in [-0.4, -0.2) is 175 Å². The third-order valence-corrected chi connectivity index (χ3v) is 14.4. The molecule has 0 aliphatic carbocycles. The van der Waals surface area contributed by atoms with Crippen LogP contribution in [-0.2, 0) is 84.7 Å². The van der Waals surface area contributed by atoms with Crippen LogP contribution in [0.5, 0.6) is 0 Å². The maximum atomic E-state index is 12.9. The summed E-state index contributed by atoms with van der Waals surface area (Å²) in [6, 6.07) is 17.9. The lowest BCUT2D eigenvalue weighted by Crippen LogP contribution is -2.41. The fourth-order valence-corrected chi connectivity index (χ4v) is 9.22. The fourth-order valence-electron chi connectivity index (χ4n) is 9.22. The van der Waals surface area contributed by atoms with Crippen LogP contribution in [0.15, 0.2) is 120 Å². The molecule has 2 aromatic carbocycles. The number of hydrogen-bond donors (Lipinski definition) is 7. The first-order valence-corrected chi connectivity index (χ1v) is 30.4. The normalized spacial score (nSPS) is 17.0. The van der Waals surface area contributed by atoms with Gasteiger partial charge in [0, 0.05) is 55.9 Å². The van der Waals surface area contributed by atoms with Gasteiger partial charge in [0.05, 0.1) is 19.1 Å². The molecular formula is C61H67N17O20. The van der Waals surface area contributed by atoms with Gasteiger partial charge < -0.3 is 53.8 Å². The molecule has 37 nitrogen and oxygen atoms in total. The molecule has 2 aliphatic heterocycles. The SMILES string of the molecule is CC(C)C(=O)Nc1nc2c(ncn2C2CC(OC(=O)NCC(=O)NCC(=O)OCc3ccccc3)C(COC(=O)CCC(=O)NCC(=O)OCc3ccccc3)O2)c(=O)[nH]1.CC(C)C(=O)Nc1nc2c(ncn2C2CC(OC(=O)n3ccnc3)C(COC(=O)n3ccnc3)O2)c(=O)[nH]1. The highest BCUT2D eigenvalue weighted by Crippen LogP contribution is 2.35. The van der Waals surface area contributed by atoms with Gasteiger partial charge in [-0.25, -0.2) is 43.5 Å². The van der Waals surface area contributed by atoms with E-state index in [0.717, 1.165) is 20.3 Å². The lowest BCUT2D eigenvalue weighted by molar-refractivity contribution is -0.151. The molecule has 6 atom stereocenters. The Hall–Kier alpha value is -12.0. The van der Waals surface area contributed by atoms with Crippen molar-refractivity contribution in [2.45, 2.75) is 103 Å². The van der Waals surface area contributed by atoms with E-state index in [1.807, 2.05) is 12.1 Å². The Kier molecular flexibility index (Phi) is 24.0. The molecule has 37 heteroatoms. The number of benzene rings is 2. The zero-order valence-corrected chi connectivity index (χ0v) is 52.9. The van der Waals surface area contributed by atoms with Gasteiger partial charge in [0.25, 0.3) is 11.1 Å². The number of nitrogens with one attached hydrogen (secondary N) is 7. The van der Waals surface area contributed by atoms with Crippen LogP contribution in [0.4, 0.5) is 26.3 Å². The number of amides is 5. The fraction of sp³-hybridized carbons (Fsp3) is 0.377. The van der Waals surface area contributed by atoms with Crippen LogP contribution in [0.1, 0.15) is 77.0 Å². The number of anilines is 2. The Morgan fingerprint density at radius 3 is 1.49 bits per heavy atom. The molecule has 8 heterocycles. The summed E-state index contributed by atoms with van der Waals surface area (Å²) < 4.78 is 49.5. The number of nitrogens with zero attached hydrogens (tertiary/aromatic N) is 10. The van der Waals surface area contributed by atoms with Gasteiger partial charge in [-0.1, -0.05) is 88.4 Å². The predicted octanol–water partition coefficient (Wildman–Crippen LogP) is 2.27. The quantitative estimate of drug-likeness (QED) is 0.0319. The number of imidazole rings is 4. The van der Waals surface area contributed by atoms with Gasteiger partial charge in [-0.15, -0.1) is 0 Å². The van der Waals surface area contributed by atoms with E-state index in [9.17, 15) is 57.5 Å². The minimum Gasteiger partial charge on any atom is -0.463 e. The second kappa shape index (κ2) is 33.4. The van der Waals surface area contributed by atoms with Crippen molar-refractivity contribution in [1.29, 1.82) is 0 Å². The van der Waals surface area contributed by atoms with E-state index >= 15 is 0 Å². The number of esters is 3. The zero-order chi connectivity index (χ0) is 69.8. The monoisotopic (exact) mass is 1360 g/mol. The number of fused-ring (bicyclic) bond motifs is 2. The van der Waals surface area contributed by atoms with E-state index < -0.39 is 134 Å². The third kappa shape index (κ3) is 19.6. The molecule has 6 unspecified atom stereocenters. The largest absolute Gasteiger partial charge is 0.463 e. The molecule has 0 radical (unpaired) electrons. The summed E-state index contributed by atoms with van der Waals surface area (Å²) in [5.74, 6) is -5.17. The average molecular weight is 1360 g/mol. The number of alkyl carbamates (subject to hydrolysis) is 1. The molecule has 8 aromatic rings. The highest BCUT2D eigenvalue weighted by Gasteiger charge is 2.43. The summed E-state index contributed by atoms with van der Waals surface area (Å²) in [6.07, 6.45) is 2.13. The van der Waals surface area contributed by atoms with Crippen molar-refractivity contribution >= 4 is 94.0 Å². The topological polar surface area (TPSA) is 467 Å². The molecule has 7 N–H and O–H groups in total. The van der Waals surface area contributed by atoms with E-state index in [-0.39, 0.29) is 91.6 Å². The Morgan fingerprint density at radius 2 is 1.01 bits per heavy atom. The van der Waals surface area contributed by atoms with Crippen molar-refractivity contribution in [3.8, 4) is 0 Å². The number of H-pyrrole nitrogens is 2. The summed E-state index contributed by atoms with van der Waals surface area (Å²) in [5.41, 5.74) is 0.449. The summed E-state index contributed by atoms with van der Waals surface area (Å²) >= 11 is 0. The van der Waals surface area contributed by atoms with E-state index in [0.29, 0.717) is 0 Å². The first-order chi connectivity index (χ1) is 47.1. The standard InChI is InChI=1S/C39H44N8O13.C22H23N9O7/c1-23(2)36(53)45-38-44-35-34(37(54)46-38)43-22-47(35)30-15-26(60-39(55)42-16-29(49)41-18-33(52)57-20-25-11-7-4-8-12-25)27(59-30)21-58-31(50)14-13-28(48)40-17-32(51)56-19-24-9-5-3-6-10-24;1-12(2)18(32)27-20-26-17-16(19(33)28-20)25-11-31(17)15-7-13(38-22(35)30-6-4-24-10-30)14(37-15)8-36-21(34)29-5-3-23-9-29/h3-12,22-23,26-27,30H,13-21H2,1-2H3,(H,40,48)(H,41,49)(H,42,55)(H2,44,45,46,53,54);3-6,9-15H,7-8H2,1-2H3,(H2,26,27,28,32,33). The summed E-state index contributed by atoms with van der Waals surface area (Å²) in [6.45, 7) is 4.64. The lowest BCUT2D eigenvalue weighted by Gasteiger charge is -2.19. The molecule has 2 fully saturated rings. The Balaban J connectivity index is 0.000000253. The summed E-state index contributed by atoms with van der Waals surface area (Å²) in [5, 5.41) is 12.1. The minimum atomic E-state index is -1.11. The van der Waals surface area contributed by atoms with Gasteiger partial charge in [-0.05, 0) is 11.1 Å². The van der Waals surface area contributed by atoms with Crippen molar-refractivity contribution in [2.75, 3.05) is 43.5 Å². The molecular weight excluding hydrogens is 1290 g/mol. The smallest absolute Gasteiger partial charge is 0.419 e. The Morgan fingerprint density at radius 1 is 0.541 bits per heavy atom. The minimum absolute atomic E-state index is 0.0155. The Bertz CT molecular complexity index is 4250. The molecule has 0 bridgehead atoms. The third-order valence-electron chi connectivity index (χ3n) is 14.4. The molecule has 2 saturated heterocycles. The van der Waals surface area contributed by atoms with Crippen LogP contribution in [0, 0.1) is 11.8 Å². The molecule has 6 aromatic heterocycles. The zero-order valence-electron chi connectivity index (χ0n) is 52.9. The molecule has 0 saturated carbocycles. The van der Waals surface area contributed by atoms with E-state index in [1.54, 1.807) is 76.2 Å². The number of aromatic amines is 2. The van der Waals surface area contributed by atoms with Gasteiger partial charge in [-0.3, -0.25) is 72.9 Å². The predicted molar refractivity (Wildman–Crippen MR) is 334 cm³/mol. The van der Waals surface area contributed by atoms with E-state index in [2.05, 4.69) is 66.5 Å². The van der Waals surface area contributed by atoms with Gasteiger partial charge in [0.15, 0.2) is 22.3 Å². The highest BCUT2D eigenvalue weighted by atomic mass is 16.6.